The van der Waals surface area contributed by atoms with Crippen LogP contribution in [0.5, 0.6) is 0 Å². The second-order valence-electron chi connectivity index (χ2n) is 7.51. The monoisotopic (exact) mass is 409 g/mol. The third kappa shape index (κ3) is 4.19. The van der Waals surface area contributed by atoms with Crippen LogP contribution < -0.4 is 5.32 Å². The van der Waals surface area contributed by atoms with Crippen LogP contribution >= 0.6 is 11.8 Å². The maximum atomic E-state index is 13.7. The van der Waals surface area contributed by atoms with Crippen LogP contribution in [0.1, 0.15) is 36.7 Å². The van der Waals surface area contributed by atoms with Crippen LogP contribution in [0.2, 0.25) is 0 Å². The Hall–Kier alpha value is -2.31. The van der Waals surface area contributed by atoms with Crippen molar-refractivity contribution in [2.75, 3.05) is 25.2 Å². The molecule has 0 spiro atoms. The van der Waals surface area contributed by atoms with Gasteiger partial charge in [-0.15, -0.1) is 0 Å². The van der Waals surface area contributed by atoms with Crippen molar-refractivity contribution >= 4 is 28.7 Å². The number of carbonyl (C=O) groups excluding carboxylic acids is 1. The molecule has 0 saturated carbocycles. The minimum atomic E-state index is -0.552. The molecule has 1 fully saturated rings. The van der Waals surface area contributed by atoms with Gasteiger partial charge in [-0.3, -0.25) is 4.79 Å². The minimum Gasteiger partial charge on any atom is -0.381 e. The van der Waals surface area contributed by atoms with E-state index in [-0.39, 0.29) is 11.9 Å². The molecule has 6 heteroatoms. The minimum absolute atomic E-state index is 0.0681. The third-order valence-electron chi connectivity index (χ3n) is 5.76. The number of benzene rings is 2. The fourth-order valence-corrected chi connectivity index (χ4v) is 4.54. The molecular formula is C23H27N3O2S. The molecule has 0 radical (unpaired) electrons. The first-order valence-electron chi connectivity index (χ1n) is 10.1. The molecule has 5 nitrogen and oxygen atoms in total. The van der Waals surface area contributed by atoms with Gasteiger partial charge in [-0.1, -0.05) is 42.5 Å². The predicted molar refractivity (Wildman–Crippen MR) is 118 cm³/mol. The van der Waals surface area contributed by atoms with E-state index in [4.69, 9.17) is 9.72 Å². The molecule has 1 amide bonds. The van der Waals surface area contributed by atoms with Gasteiger partial charge in [0.15, 0.2) is 0 Å². The van der Waals surface area contributed by atoms with Gasteiger partial charge in [0, 0.05) is 13.2 Å². The van der Waals surface area contributed by atoms with Crippen molar-refractivity contribution in [2.24, 2.45) is 0 Å². The first-order chi connectivity index (χ1) is 14.2. The molecule has 1 saturated heterocycles. The lowest BCUT2D eigenvalue weighted by Gasteiger charge is -2.37. The maximum Gasteiger partial charge on any atom is 0.231 e. The summed E-state index contributed by atoms with van der Waals surface area (Å²) in [4.78, 5) is 21.8. The Labute approximate surface area is 175 Å². The number of carbonyl (C=O) groups is 1. The number of nitrogens with one attached hydrogen (secondary N) is 2. The van der Waals surface area contributed by atoms with Crippen molar-refractivity contribution in [1.82, 2.24) is 15.3 Å². The largest absolute Gasteiger partial charge is 0.381 e. The lowest BCUT2D eigenvalue weighted by atomic mass is 9.73. The van der Waals surface area contributed by atoms with Gasteiger partial charge in [0.2, 0.25) is 5.91 Å². The Balaban J connectivity index is 1.64. The third-order valence-corrected chi connectivity index (χ3v) is 6.41. The summed E-state index contributed by atoms with van der Waals surface area (Å²) in [5.74, 6) is 1.84. The lowest BCUT2D eigenvalue weighted by molar-refractivity contribution is -0.131. The van der Waals surface area contributed by atoms with Gasteiger partial charge in [0.1, 0.15) is 5.82 Å². The highest BCUT2D eigenvalue weighted by Crippen LogP contribution is 2.36. The van der Waals surface area contributed by atoms with Crippen molar-refractivity contribution < 1.29 is 9.53 Å². The van der Waals surface area contributed by atoms with Crippen molar-refractivity contribution in [3.63, 3.8) is 0 Å². The van der Waals surface area contributed by atoms with Crippen LogP contribution in [0.15, 0.2) is 54.6 Å². The van der Waals surface area contributed by atoms with Gasteiger partial charge in [-0.25, -0.2) is 4.98 Å². The molecule has 0 bridgehead atoms. The quantitative estimate of drug-likeness (QED) is 0.613. The van der Waals surface area contributed by atoms with Crippen LogP contribution in [-0.2, 0) is 14.9 Å². The highest BCUT2D eigenvalue weighted by atomic mass is 32.2. The van der Waals surface area contributed by atoms with E-state index >= 15 is 0 Å². The van der Waals surface area contributed by atoms with Gasteiger partial charge in [0.25, 0.3) is 0 Å². The number of rotatable bonds is 7. The maximum absolute atomic E-state index is 13.7. The number of amides is 1. The molecule has 0 aliphatic carbocycles. The molecule has 1 atom stereocenters. The summed E-state index contributed by atoms with van der Waals surface area (Å²) in [7, 11) is 0. The fraction of sp³-hybridized carbons (Fsp3) is 0.391. The van der Waals surface area contributed by atoms with Crippen LogP contribution in [0.25, 0.3) is 11.0 Å². The number of thioether (sulfide) groups is 1. The topological polar surface area (TPSA) is 67.0 Å². The average Bonchev–Trinajstić information content (AvgIpc) is 3.21. The zero-order chi connectivity index (χ0) is 20.1. The van der Waals surface area contributed by atoms with Gasteiger partial charge in [-0.2, -0.15) is 11.8 Å². The van der Waals surface area contributed by atoms with E-state index in [1.54, 1.807) is 11.8 Å². The van der Waals surface area contributed by atoms with Gasteiger partial charge < -0.3 is 15.0 Å². The molecule has 4 rings (SSSR count). The zero-order valence-electron chi connectivity index (χ0n) is 16.7. The molecule has 29 heavy (non-hydrogen) atoms. The first-order valence-corrected chi connectivity index (χ1v) is 11.5. The molecule has 2 aromatic carbocycles. The van der Waals surface area contributed by atoms with Crippen molar-refractivity contribution in [3.8, 4) is 0 Å². The number of ether oxygens (including phenoxy) is 1. The molecule has 2 N–H and O–H groups in total. The second kappa shape index (κ2) is 9.01. The second-order valence-corrected chi connectivity index (χ2v) is 8.49. The van der Waals surface area contributed by atoms with Gasteiger partial charge >= 0.3 is 0 Å². The fourth-order valence-electron chi connectivity index (χ4n) is 4.07. The van der Waals surface area contributed by atoms with Crippen LogP contribution in [0.4, 0.5) is 0 Å². The number of hydrogen-bond donors (Lipinski definition) is 2. The number of fused-ring (bicyclic) bond motifs is 1. The van der Waals surface area contributed by atoms with Crippen molar-refractivity contribution in [2.45, 2.75) is 30.7 Å². The molecular weight excluding hydrogens is 382 g/mol. The average molecular weight is 410 g/mol. The number of nitrogens with zero attached hydrogens (tertiary/aromatic N) is 1. The molecule has 0 unspecified atom stereocenters. The molecule has 152 valence electrons. The molecule has 3 aromatic rings. The Morgan fingerprint density at radius 1 is 1.17 bits per heavy atom. The van der Waals surface area contributed by atoms with E-state index in [1.807, 2.05) is 42.5 Å². The summed E-state index contributed by atoms with van der Waals surface area (Å²) in [5.41, 5.74) is 2.43. The number of imidazole rings is 1. The van der Waals surface area contributed by atoms with E-state index in [0.29, 0.717) is 26.1 Å². The Morgan fingerprint density at radius 3 is 2.62 bits per heavy atom. The number of H-pyrrole nitrogens is 1. The summed E-state index contributed by atoms with van der Waals surface area (Å²) >= 11 is 1.78. The Kier molecular flexibility index (Phi) is 6.21. The van der Waals surface area contributed by atoms with Crippen LogP contribution in [-0.4, -0.2) is 41.1 Å². The van der Waals surface area contributed by atoms with E-state index in [0.717, 1.165) is 34.6 Å². The molecule has 2 heterocycles. The van der Waals surface area contributed by atoms with E-state index in [2.05, 4.69) is 28.7 Å². The summed E-state index contributed by atoms with van der Waals surface area (Å²) in [6.07, 6.45) is 4.30. The highest BCUT2D eigenvalue weighted by molar-refractivity contribution is 7.98. The number of aromatic amines is 1. The Bertz CT molecular complexity index is 918. The van der Waals surface area contributed by atoms with E-state index in [1.165, 1.54) is 0 Å². The van der Waals surface area contributed by atoms with Crippen LogP contribution in [0.3, 0.4) is 0 Å². The lowest BCUT2D eigenvalue weighted by Crippen LogP contribution is -2.49. The number of aromatic nitrogens is 2. The first kappa shape index (κ1) is 20.0. The molecule has 1 aliphatic rings. The SMILES string of the molecule is CSCC[C@H](NC(=O)C1(c2ccccc2)CCOCC1)c1nc2ccccc2[nH]1. The summed E-state index contributed by atoms with van der Waals surface area (Å²) in [5, 5.41) is 3.34. The smallest absolute Gasteiger partial charge is 0.231 e. The predicted octanol–water partition coefficient (Wildman–Crippen LogP) is 4.22. The molecule has 1 aliphatic heterocycles. The van der Waals surface area contributed by atoms with Gasteiger partial charge in [0.05, 0.1) is 22.5 Å². The normalized spacial score (nSPS) is 17.1. The summed E-state index contributed by atoms with van der Waals surface area (Å²) in [6, 6.07) is 18.0. The van der Waals surface area contributed by atoms with Gasteiger partial charge in [-0.05, 0) is 49.0 Å². The number of para-hydroxylation sites is 2. The van der Waals surface area contributed by atoms with Crippen LogP contribution in [0, 0.1) is 0 Å². The van der Waals surface area contributed by atoms with E-state index < -0.39 is 5.41 Å². The van der Waals surface area contributed by atoms with Crippen molar-refractivity contribution in [3.05, 3.63) is 66.0 Å². The summed E-state index contributed by atoms with van der Waals surface area (Å²) in [6.45, 7) is 1.20. The number of hydrogen-bond acceptors (Lipinski definition) is 4. The highest BCUT2D eigenvalue weighted by Gasteiger charge is 2.42. The van der Waals surface area contributed by atoms with E-state index in [9.17, 15) is 4.79 Å². The van der Waals surface area contributed by atoms with Crippen molar-refractivity contribution in [1.29, 1.82) is 0 Å². The molecule has 1 aromatic heterocycles. The Morgan fingerprint density at radius 2 is 1.90 bits per heavy atom. The summed E-state index contributed by atoms with van der Waals surface area (Å²) < 4.78 is 5.59. The standard InChI is InChI=1S/C23H27N3O2S/c1-29-16-11-20(21-24-18-9-5-6-10-19(18)25-21)26-22(27)23(12-14-28-15-13-23)17-7-3-2-4-8-17/h2-10,20H,11-16H2,1H3,(H,24,25)(H,26,27)/t20-/m0/s1. The zero-order valence-corrected chi connectivity index (χ0v) is 17.5.